The number of hydrogen-bond donors (Lipinski definition) is 1. The SMILES string of the molecule is Cc1[nH]c(SCc2cn3cccc(C)c3n2)nc1Cc1ccccc1. The quantitative estimate of drug-likeness (QED) is 0.538. The summed E-state index contributed by atoms with van der Waals surface area (Å²) < 4.78 is 2.08. The maximum absolute atomic E-state index is 4.76. The van der Waals surface area contributed by atoms with Crippen molar-refractivity contribution < 1.29 is 0 Å². The highest BCUT2D eigenvalue weighted by Gasteiger charge is 2.10. The third-order valence-corrected chi connectivity index (χ3v) is 5.17. The number of pyridine rings is 1. The Kier molecular flexibility index (Phi) is 4.32. The fourth-order valence-corrected chi connectivity index (χ4v) is 3.74. The van der Waals surface area contributed by atoms with Gasteiger partial charge in [0, 0.05) is 30.3 Å². The zero-order valence-electron chi connectivity index (χ0n) is 14.4. The predicted molar refractivity (Wildman–Crippen MR) is 102 cm³/mol. The highest BCUT2D eigenvalue weighted by Crippen LogP contribution is 2.23. The zero-order valence-corrected chi connectivity index (χ0v) is 15.2. The van der Waals surface area contributed by atoms with E-state index < -0.39 is 0 Å². The van der Waals surface area contributed by atoms with Gasteiger partial charge in [-0.3, -0.25) is 0 Å². The number of thioether (sulfide) groups is 1. The average molecular weight is 348 g/mol. The summed E-state index contributed by atoms with van der Waals surface area (Å²) in [6, 6.07) is 14.6. The van der Waals surface area contributed by atoms with Gasteiger partial charge < -0.3 is 9.38 Å². The number of nitrogens with one attached hydrogen (secondary N) is 1. The Morgan fingerprint density at radius 3 is 2.68 bits per heavy atom. The number of fused-ring (bicyclic) bond motifs is 1. The minimum atomic E-state index is 0.804. The minimum absolute atomic E-state index is 0.804. The largest absolute Gasteiger partial charge is 0.337 e. The number of rotatable bonds is 5. The molecule has 0 aliphatic carbocycles. The van der Waals surface area contributed by atoms with E-state index in [1.807, 2.05) is 18.3 Å². The van der Waals surface area contributed by atoms with Crippen LogP contribution in [0.4, 0.5) is 0 Å². The molecule has 0 fully saturated rings. The second-order valence-electron chi connectivity index (χ2n) is 6.22. The molecular weight excluding hydrogens is 328 g/mol. The third-order valence-electron chi connectivity index (χ3n) is 4.26. The van der Waals surface area contributed by atoms with Crippen LogP contribution >= 0.6 is 11.8 Å². The second kappa shape index (κ2) is 6.76. The molecule has 0 unspecified atom stereocenters. The second-order valence-corrected chi connectivity index (χ2v) is 7.18. The summed E-state index contributed by atoms with van der Waals surface area (Å²) in [6.07, 6.45) is 4.99. The third kappa shape index (κ3) is 3.46. The molecule has 3 heterocycles. The fourth-order valence-electron chi connectivity index (χ4n) is 2.91. The summed E-state index contributed by atoms with van der Waals surface area (Å²) in [7, 11) is 0. The molecule has 4 aromatic rings. The van der Waals surface area contributed by atoms with Crippen LogP contribution in [0.15, 0.2) is 60.0 Å². The number of nitrogens with zero attached hydrogens (tertiary/aromatic N) is 3. The average Bonchev–Trinajstić information content (AvgIpc) is 3.18. The lowest BCUT2D eigenvalue weighted by molar-refractivity contribution is 1.01. The number of H-pyrrole nitrogens is 1. The summed E-state index contributed by atoms with van der Waals surface area (Å²) in [5, 5.41) is 0.956. The molecule has 0 aliphatic heterocycles. The van der Waals surface area contributed by atoms with Crippen LogP contribution in [-0.2, 0) is 12.2 Å². The highest BCUT2D eigenvalue weighted by molar-refractivity contribution is 7.98. The molecular formula is C20H20N4S. The van der Waals surface area contributed by atoms with Crippen LogP contribution in [0.1, 0.15) is 28.2 Å². The number of aromatic nitrogens is 4. The van der Waals surface area contributed by atoms with Crippen molar-refractivity contribution in [1.29, 1.82) is 0 Å². The topological polar surface area (TPSA) is 46.0 Å². The minimum Gasteiger partial charge on any atom is -0.337 e. The lowest BCUT2D eigenvalue weighted by atomic mass is 10.1. The smallest absolute Gasteiger partial charge is 0.166 e. The Bertz CT molecular complexity index is 1000. The summed E-state index contributed by atoms with van der Waals surface area (Å²) in [5.41, 5.74) is 6.82. The lowest BCUT2D eigenvalue weighted by Crippen LogP contribution is -1.90. The molecule has 0 radical (unpaired) electrons. The fraction of sp³-hybridized carbons (Fsp3) is 0.200. The van der Waals surface area contributed by atoms with Crippen LogP contribution in [0.5, 0.6) is 0 Å². The Balaban J connectivity index is 1.47. The summed E-state index contributed by atoms with van der Waals surface area (Å²) in [4.78, 5) is 12.9. The van der Waals surface area contributed by atoms with Crippen LogP contribution < -0.4 is 0 Å². The maximum Gasteiger partial charge on any atom is 0.166 e. The van der Waals surface area contributed by atoms with Gasteiger partial charge >= 0.3 is 0 Å². The van der Waals surface area contributed by atoms with E-state index in [-0.39, 0.29) is 0 Å². The van der Waals surface area contributed by atoms with Crippen LogP contribution in [-0.4, -0.2) is 19.4 Å². The van der Waals surface area contributed by atoms with Gasteiger partial charge in [0.05, 0.1) is 11.4 Å². The van der Waals surface area contributed by atoms with Crippen molar-refractivity contribution in [2.75, 3.05) is 0 Å². The maximum atomic E-state index is 4.76. The first-order valence-corrected chi connectivity index (χ1v) is 9.33. The number of benzene rings is 1. The summed E-state index contributed by atoms with van der Waals surface area (Å²) in [5.74, 6) is 0.804. The zero-order chi connectivity index (χ0) is 17.2. The monoisotopic (exact) mass is 348 g/mol. The molecule has 126 valence electrons. The number of hydrogen-bond acceptors (Lipinski definition) is 3. The molecule has 0 bridgehead atoms. The molecule has 0 spiro atoms. The van der Waals surface area contributed by atoms with Gasteiger partial charge in [0.25, 0.3) is 0 Å². The number of aromatic amines is 1. The molecule has 0 saturated carbocycles. The molecule has 4 rings (SSSR count). The van der Waals surface area contributed by atoms with E-state index in [0.29, 0.717) is 0 Å². The summed E-state index contributed by atoms with van der Waals surface area (Å²) >= 11 is 1.70. The van der Waals surface area contributed by atoms with Crippen molar-refractivity contribution in [2.45, 2.75) is 31.2 Å². The Labute approximate surface area is 151 Å². The van der Waals surface area contributed by atoms with Crippen molar-refractivity contribution >= 4 is 17.4 Å². The lowest BCUT2D eigenvalue weighted by Gasteiger charge is -1.98. The predicted octanol–water partition coefficient (Wildman–Crippen LogP) is 4.56. The molecule has 3 aromatic heterocycles. The van der Waals surface area contributed by atoms with E-state index in [2.05, 4.69) is 59.8 Å². The first-order chi connectivity index (χ1) is 12.2. The van der Waals surface area contributed by atoms with E-state index in [4.69, 9.17) is 9.97 Å². The van der Waals surface area contributed by atoms with Crippen LogP contribution in [0.3, 0.4) is 0 Å². The van der Waals surface area contributed by atoms with Gasteiger partial charge in [-0.2, -0.15) is 0 Å². The van der Waals surface area contributed by atoms with Gasteiger partial charge in [0.1, 0.15) is 5.65 Å². The van der Waals surface area contributed by atoms with Crippen LogP contribution in [0.2, 0.25) is 0 Å². The van der Waals surface area contributed by atoms with Crippen LogP contribution in [0, 0.1) is 13.8 Å². The first-order valence-electron chi connectivity index (χ1n) is 8.34. The Morgan fingerprint density at radius 1 is 1.04 bits per heavy atom. The van der Waals surface area contributed by atoms with Gasteiger partial charge in [-0.05, 0) is 31.0 Å². The van der Waals surface area contributed by atoms with E-state index in [9.17, 15) is 0 Å². The molecule has 1 aromatic carbocycles. The van der Waals surface area contributed by atoms with Crippen LogP contribution in [0.25, 0.3) is 5.65 Å². The number of aryl methyl sites for hydroxylation is 2. The molecule has 25 heavy (non-hydrogen) atoms. The molecule has 0 atom stereocenters. The van der Waals surface area contributed by atoms with Gasteiger partial charge in [-0.15, -0.1) is 0 Å². The van der Waals surface area contributed by atoms with Crippen molar-refractivity contribution in [1.82, 2.24) is 19.4 Å². The Morgan fingerprint density at radius 2 is 1.88 bits per heavy atom. The Hall–Kier alpha value is -2.53. The van der Waals surface area contributed by atoms with Gasteiger partial charge in [0.2, 0.25) is 0 Å². The van der Waals surface area contributed by atoms with E-state index in [1.165, 1.54) is 11.1 Å². The van der Waals surface area contributed by atoms with Crippen molar-refractivity contribution in [3.63, 3.8) is 0 Å². The highest BCUT2D eigenvalue weighted by atomic mass is 32.2. The normalized spacial score (nSPS) is 11.3. The van der Waals surface area contributed by atoms with Crippen molar-refractivity contribution in [3.05, 3.63) is 83.1 Å². The van der Waals surface area contributed by atoms with E-state index >= 15 is 0 Å². The molecule has 1 N–H and O–H groups in total. The van der Waals surface area contributed by atoms with Crippen molar-refractivity contribution in [2.24, 2.45) is 0 Å². The van der Waals surface area contributed by atoms with E-state index in [1.54, 1.807) is 11.8 Å². The van der Waals surface area contributed by atoms with Gasteiger partial charge in [-0.1, -0.05) is 48.2 Å². The molecule has 0 amide bonds. The summed E-state index contributed by atoms with van der Waals surface area (Å²) in [6.45, 7) is 4.18. The molecule has 0 saturated heterocycles. The first kappa shape index (κ1) is 16.0. The van der Waals surface area contributed by atoms with Crippen molar-refractivity contribution in [3.8, 4) is 0 Å². The molecule has 4 nitrogen and oxygen atoms in total. The standard InChI is InChI=1S/C20H20N4S/c1-14-7-6-10-24-12-17(22-19(14)24)13-25-20-21-15(2)18(23-20)11-16-8-4-3-5-9-16/h3-10,12H,11,13H2,1-2H3,(H,21,23). The number of imidazole rings is 2. The molecule has 5 heteroatoms. The van der Waals surface area contributed by atoms with Gasteiger partial charge in [-0.25, -0.2) is 9.97 Å². The van der Waals surface area contributed by atoms with Gasteiger partial charge in [0.15, 0.2) is 5.16 Å². The van der Waals surface area contributed by atoms with E-state index in [0.717, 1.165) is 40.1 Å². The molecule has 0 aliphatic rings.